The summed E-state index contributed by atoms with van der Waals surface area (Å²) in [6.45, 7) is 8.28. The van der Waals surface area contributed by atoms with Gasteiger partial charge in [0.2, 0.25) is 10.0 Å². The zero-order valence-electron chi connectivity index (χ0n) is 13.5. The fraction of sp³-hybridized carbons (Fsp3) is 0.533. The number of amides is 1. The minimum Gasteiger partial charge on any atom is -0.484 e. The highest BCUT2D eigenvalue weighted by Crippen LogP contribution is 2.21. The highest BCUT2D eigenvalue weighted by Gasteiger charge is 2.16. The molecule has 1 rings (SSSR count). The van der Waals surface area contributed by atoms with Crippen molar-refractivity contribution in [3.63, 3.8) is 0 Å². The molecule has 22 heavy (non-hydrogen) atoms. The van der Waals surface area contributed by atoms with Gasteiger partial charge in [0.05, 0.1) is 4.90 Å². The van der Waals surface area contributed by atoms with E-state index < -0.39 is 10.0 Å². The van der Waals surface area contributed by atoms with Crippen LogP contribution in [0.1, 0.15) is 26.3 Å². The second-order valence-corrected chi connectivity index (χ2v) is 7.18. The molecule has 0 heterocycles. The maximum atomic E-state index is 12.1. The fourth-order valence-electron chi connectivity index (χ4n) is 1.70. The van der Waals surface area contributed by atoms with Crippen LogP contribution in [0.4, 0.5) is 0 Å². The fourth-order valence-corrected chi connectivity index (χ4v) is 3.00. The topological polar surface area (TPSA) is 84.5 Å². The molecule has 0 bridgehead atoms. The van der Waals surface area contributed by atoms with Crippen molar-refractivity contribution in [3.05, 3.63) is 23.8 Å². The van der Waals surface area contributed by atoms with Gasteiger partial charge in [-0.15, -0.1) is 0 Å². The molecule has 6 nitrogen and oxygen atoms in total. The van der Waals surface area contributed by atoms with Crippen LogP contribution in [0.25, 0.3) is 0 Å². The highest BCUT2D eigenvalue weighted by molar-refractivity contribution is 7.89. The van der Waals surface area contributed by atoms with Crippen LogP contribution < -0.4 is 14.8 Å². The molecule has 1 aromatic carbocycles. The van der Waals surface area contributed by atoms with Gasteiger partial charge in [0.1, 0.15) is 5.75 Å². The molecule has 0 aliphatic rings. The molecule has 0 saturated carbocycles. The monoisotopic (exact) mass is 328 g/mol. The summed E-state index contributed by atoms with van der Waals surface area (Å²) in [6, 6.07) is 4.58. The van der Waals surface area contributed by atoms with E-state index in [1.54, 1.807) is 13.0 Å². The number of hydrogen-bond donors (Lipinski definition) is 2. The van der Waals surface area contributed by atoms with Crippen molar-refractivity contribution in [2.24, 2.45) is 5.92 Å². The Bertz CT molecular complexity index is 612. The predicted molar refractivity (Wildman–Crippen MR) is 85.4 cm³/mol. The summed E-state index contributed by atoms with van der Waals surface area (Å²) in [5, 5.41) is 2.63. The van der Waals surface area contributed by atoms with Gasteiger partial charge in [0.25, 0.3) is 5.91 Å². The Kier molecular flexibility index (Phi) is 6.83. The second kappa shape index (κ2) is 8.14. The minimum absolute atomic E-state index is 0.0909. The first-order valence-corrected chi connectivity index (χ1v) is 8.74. The Morgan fingerprint density at radius 1 is 1.32 bits per heavy atom. The summed E-state index contributed by atoms with van der Waals surface area (Å²) in [7, 11) is -3.52. The van der Waals surface area contributed by atoms with Crippen LogP contribution in [-0.2, 0) is 14.8 Å². The average Bonchev–Trinajstić information content (AvgIpc) is 2.44. The normalized spacial score (nSPS) is 11.5. The molecule has 0 saturated heterocycles. The number of carbonyl (C=O) groups is 1. The van der Waals surface area contributed by atoms with Gasteiger partial charge in [-0.3, -0.25) is 4.79 Å². The lowest BCUT2D eigenvalue weighted by Gasteiger charge is -2.12. The van der Waals surface area contributed by atoms with Gasteiger partial charge in [0.15, 0.2) is 6.61 Å². The molecule has 0 spiro atoms. The molecule has 2 N–H and O–H groups in total. The minimum atomic E-state index is -3.52. The molecule has 124 valence electrons. The quantitative estimate of drug-likeness (QED) is 0.756. The predicted octanol–water partition coefficient (Wildman–Crippen LogP) is 1.44. The van der Waals surface area contributed by atoms with E-state index >= 15 is 0 Å². The number of rotatable bonds is 8. The number of benzene rings is 1. The Hall–Kier alpha value is -1.60. The third-order valence-electron chi connectivity index (χ3n) is 2.87. The van der Waals surface area contributed by atoms with E-state index in [-0.39, 0.29) is 23.3 Å². The second-order valence-electron chi connectivity index (χ2n) is 5.42. The lowest BCUT2D eigenvalue weighted by molar-refractivity contribution is -0.122. The lowest BCUT2D eigenvalue weighted by atomic mass is 10.2. The molecule has 0 aliphatic carbocycles. The van der Waals surface area contributed by atoms with Crippen LogP contribution >= 0.6 is 0 Å². The summed E-state index contributed by atoms with van der Waals surface area (Å²) in [6.07, 6.45) is 0. The van der Waals surface area contributed by atoms with E-state index in [4.69, 9.17) is 4.74 Å². The molecule has 0 aliphatic heterocycles. The van der Waals surface area contributed by atoms with Crippen LogP contribution in [0.5, 0.6) is 5.75 Å². The molecule has 0 radical (unpaired) electrons. The highest BCUT2D eigenvalue weighted by atomic mass is 32.2. The van der Waals surface area contributed by atoms with Gasteiger partial charge in [-0.25, -0.2) is 13.1 Å². The first kappa shape index (κ1) is 18.4. The third kappa shape index (κ3) is 5.65. The number of hydrogen-bond acceptors (Lipinski definition) is 4. The van der Waals surface area contributed by atoms with Gasteiger partial charge in [-0.2, -0.15) is 0 Å². The van der Waals surface area contributed by atoms with E-state index in [1.165, 1.54) is 12.1 Å². The molecule has 0 unspecified atom stereocenters. The van der Waals surface area contributed by atoms with Gasteiger partial charge in [0, 0.05) is 13.1 Å². The number of nitrogens with one attached hydrogen (secondary N) is 2. The first-order valence-electron chi connectivity index (χ1n) is 7.26. The van der Waals surface area contributed by atoms with E-state index in [2.05, 4.69) is 10.0 Å². The number of aryl methyl sites for hydroxylation is 1. The molecule has 0 fully saturated rings. The van der Waals surface area contributed by atoms with Crippen LogP contribution in [-0.4, -0.2) is 34.0 Å². The number of carbonyl (C=O) groups excluding carboxylic acids is 1. The van der Waals surface area contributed by atoms with E-state index in [0.717, 1.165) is 0 Å². The third-order valence-corrected chi connectivity index (χ3v) is 4.29. The maximum absolute atomic E-state index is 12.1. The summed E-state index contributed by atoms with van der Waals surface area (Å²) >= 11 is 0. The molecule has 1 aromatic rings. The number of likely N-dealkylation sites (N-methyl/N-ethyl adjacent to an activating group) is 1. The van der Waals surface area contributed by atoms with Crippen LogP contribution in [0.2, 0.25) is 0 Å². The van der Waals surface area contributed by atoms with E-state index in [0.29, 0.717) is 24.4 Å². The smallest absolute Gasteiger partial charge is 0.257 e. The average molecular weight is 328 g/mol. The van der Waals surface area contributed by atoms with Gasteiger partial charge in [-0.05, 0) is 43.5 Å². The maximum Gasteiger partial charge on any atom is 0.257 e. The molecular weight excluding hydrogens is 304 g/mol. The van der Waals surface area contributed by atoms with Crippen LogP contribution in [0, 0.1) is 12.8 Å². The van der Waals surface area contributed by atoms with E-state index in [1.807, 2.05) is 20.8 Å². The zero-order valence-corrected chi connectivity index (χ0v) is 14.3. The summed E-state index contributed by atoms with van der Waals surface area (Å²) < 4.78 is 32.2. The lowest BCUT2D eigenvalue weighted by Crippen LogP contribution is -2.28. The van der Waals surface area contributed by atoms with Crippen molar-refractivity contribution in [2.75, 3.05) is 19.7 Å². The summed E-state index contributed by atoms with van der Waals surface area (Å²) in [4.78, 5) is 11.6. The van der Waals surface area contributed by atoms with Gasteiger partial charge >= 0.3 is 0 Å². The SMILES string of the molecule is CCNC(=O)COc1ccc(S(=O)(=O)NCC(C)C)cc1C. The Balaban J connectivity index is 2.78. The molecule has 0 atom stereocenters. The Morgan fingerprint density at radius 3 is 2.55 bits per heavy atom. The Labute approximate surface area is 132 Å². The van der Waals surface area contributed by atoms with Crippen molar-refractivity contribution < 1.29 is 17.9 Å². The summed E-state index contributed by atoms with van der Waals surface area (Å²) in [5.41, 5.74) is 0.664. The zero-order chi connectivity index (χ0) is 16.8. The van der Waals surface area contributed by atoms with Crippen molar-refractivity contribution in [2.45, 2.75) is 32.6 Å². The van der Waals surface area contributed by atoms with Crippen LogP contribution in [0.3, 0.4) is 0 Å². The van der Waals surface area contributed by atoms with Crippen molar-refractivity contribution >= 4 is 15.9 Å². The largest absolute Gasteiger partial charge is 0.484 e. The molecule has 7 heteroatoms. The summed E-state index contributed by atoms with van der Waals surface area (Å²) in [5.74, 6) is 0.516. The number of sulfonamides is 1. The van der Waals surface area contributed by atoms with Gasteiger partial charge < -0.3 is 10.1 Å². The standard InChI is InChI=1S/C15H24N2O4S/c1-5-16-15(18)10-21-14-7-6-13(8-12(14)4)22(19,20)17-9-11(2)3/h6-8,11,17H,5,9-10H2,1-4H3,(H,16,18). The number of ether oxygens (including phenoxy) is 1. The van der Waals surface area contributed by atoms with Crippen molar-refractivity contribution in [3.8, 4) is 5.75 Å². The van der Waals surface area contributed by atoms with Crippen molar-refractivity contribution in [1.82, 2.24) is 10.0 Å². The molecule has 0 aromatic heterocycles. The van der Waals surface area contributed by atoms with Crippen LogP contribution in [0.15, 0.2) is 23.1 Å². The Morgan fingerprint density at radius 2 is 2.00 bits per heavy atom. The first-order chi connectivity index (χ1) is 10.3. The molecular formula is C15H24N2O4S. The van der Waals surface area contributed by atoms with Gasteiger partial charge in [-0.1, -0.05) is 13.8 Å². The van der Waals surface area contributed by atoms with Crippen molar-refractivity contribution in [1.29, 1.82) is 0 Å². The van der Waals surface area contributed by atoms with E-state index in [9.17, 15) is 13.2 Å². The molecule has 1 amide bonds.